The molecule has 0 fully saturated rings. The lowest BCUT2D eigenvalue weighted by Gasteiger charge is -2.06. The van der Waals surface area contributed by atoms with Crippen LogP contribution in [0.25, 0.3) is 11.2 Å². The van der Waals surface area contributed by atoms with Crippen molar-refractivity contribution in [2.75, 3.05) is 19.5 Å². The molecule has 0 saturated heterocycles. The van der Waals surface area contributed by atoms with Crippen molar-refractivity contribution in [2.24, 2.45) is 0 Å². The summed E-state index contributed by atoms with van der Waals surface area (Å²) in [6.45, 7) is 2.62. The lowest BCUT2D eigenvalue weighted by Crippen LogP contribution is -2.17. The summed E-state index contributed by atoms with van der Waals surface area (Å²) in [6, 6.07) is 3.47. The summed E-state index contributed by atoms with van der Waals surface area (Å²) in [4.78, 5) is 34.7. The Bertz CT molecular complexity index is 1000. The average Bonchev–Trinajstić information content (AvgIpc) is 3.21. The van der Waals surface area contributed by atoms with E-state index < -0.39 is 11.7 Å². The molecular weight excluding hydrogens is 354 g/mol. The van der Waals surface area contributed by atoms with E-state index in [0.29, 0.717) is 29.3 Å². The van der Waals surface area contributed by atoms with Crippen LogP contribution < -0.4 is 16.2 Å². The van der Waals surface area contributed by atoms with Crippen molar-refractivity contribution in [2.45, 2.75) is 32.7 Å². The van der Waals surface area contributed by atoms with E-state index in [-0.39, 0.29) is 24.8 Å². The highest BCUT2D eigenvalue weighted by Crippen LogP contribution is 2.19. The van der Waals surface area contributed by atoms with E-state index in [2.05, 4.69) is 19.7 Å². The first-order valence-corrected chi connectivity index (χ1v) is 8.55. The lowest BCUT2D eigenvalue weighted by molar-refractivity contribution is -0.140. The number of nitrogens with one attached hydrogen (secondary N) is 1. The van der Waals surface area contributed by atoms with E-state index in [1.165, 1.54) is 11.7 Å². The quantitative estimate of drug-likeness (QED) is 0.443. The maximum Gasteiger partial charge on any atom is 0.328 e. The van der Waals surface area contributed by atoms with Crippen LogP contribution in [0.15, 0.2) is 21.3 Å². The summed E-state index contributed by atoms with van der Waals surface area (Å²) in [5.41, 5.74) is 6.18. The van der Waals surface area contributed by atoms with Gasteiger partial charge in [-0.05, 0) is 18.6 Å². The number of carbonyl (C=O) groups excluding carboxylic acids is 1. The topological polar surface area (TPSA) is 138 Å². The first-order valence-electron chi connectivity index (χ1n) is 8.55. The zero-order valence-corrected chi connectivity index (χ0v) is 15.2. The van der Waals surface area contributed by atoms with Crippen molar-refractivity contribution in [3.05, 3.63) is 34.1 Å². The molecule has 144 valence electrons. The molecule has 3 rings (SSSR count). The predicted octanol–water partition coefficient (Wildman–Crippen LogP) is 1.24. The summed E-state index contributed by atoms with van der Waals surface area (Å²) in [6.07, 6.45) is 1.85. The minimum Gasteiger partial charge on any atom is -0.469 e. The number of methoxy groups -OCH3 is 1. The molecule has 3 N–H and O–H groups in total. The fourth-order valence-electron chi connectivity index (χ4n) is 2.52. The van der Waals surface area contributed by atoms with Gasteiger partial charge in [-0.2, -0.15) is 9.97 Å². The fraction of sp³-hybridized carbons (Fsp3) is 0.412. The first kappa shape index (κ1) is 18.5. The second-order valence-electron chi connectivity index (χ2n) is 5.93. The summed E-state index contributed by atoms with van der Waals surface area (Å²) in [7, 11) is 1.31. The molecule has 0 aliphatic heterocycles. The number of ether oxygens (including phenoxy) is 2. The van der Waals surface area contributed by atoms with Gasteiger partial charge in [-0.1, -0.05) is 13.3 Å². The summed E-state index contributed by atoms with van der Waals surface area (Å²) >= 11 is 0. The monoisotopic (exact) mass is 375 g/mol. The van der Waals surface area contributed by atoms with Gasteiger partial charge >= 0.3 is 17.7 Å². The number of nitrogen functional groups attached to an aromatic ring is 1. The molecule has 10 nitrogen and oxygen atoms in total. The van der Waals surface area contributed by atoms with Crippen LogP contribution >= 0.6 is 0 Å². The van der Waals surface area contributed by atoms with Gasteiger partial charge in [0.15, 0.2) is 11.5 Å². The van der Waals surface area contributed by atoms with Crippen molar-refractivity contribution in [1.82, 2.24) is 19.5 Å². The van der Waals surface area contributed by atoms with Gasteiger partial charge in [0.1, 0.15) is 23.5 Å². The van der Waals surface area contributed by atoms with Crippen molar-refractivity contribution in [3.63, 3.8) is 0 Å². The Labute approximate surface area is 154 Å². The molecule has 10 heteroatoms. The molecular formula is C17H21N5O5. The number of nitrogens with two attached hydrogens (primary N) is 1. The van der Waals surface area contributed by atoms with Gasteiger partial charge in [-0.15, -0.1) is 0 Å². The molecule has 0 aliphatic carbocycles. The van der Waals surface area contributed by atoms with Gasteiger partial charge < -0.3 is 24.6 Å². The number of esters is 1. The van der Waals surface area contributed by atoms with Gasteiger partial charge in [0.2, 0.25) is 0 Å². The van der Waals surface area contributed by atoms with Crippen LogP contribution in [-0.4, -0.2) is 39.2 Å². The van der Waals surface area contributed by atoms with Crippen LogP contribution in [0, 0.1) is 0 Å². The largest absolute Gasteiger partial charge is 0.469 e. The number of aromatic amines is 1. The number of anilines is 1. The van der Waals surface area contributed by atoms with Crippen LogP contribution in [0.4, 0.5) is 5.82 Å². The van der Waals surface area contributed by atoms with Gasteiger partial charge in [-0.3, -0.25) is 9.36 Å². The smallest absolute Gasteiger partial charge is 0.328 e. The van der Waals surface area contributed by atoms with E-state index in [1.807, 2.05) is 6.92 Å². The van der Waals surface area contributed by atoms with Crippen molar-refractivity contribution >= 4 is 23.0 Å². The Hall–Kier alpha value is -3.30. The van der Waals surface area contributed by atoms with E-state index in [0.717, 1.165) is 12.8 Å². The number of unbranched alkanes of at least 4 members (excludes halogenated alkanes) is 1. The maximum absolute atomic E-state index is 12.3. The molecule has 0 amide bonds. The molecule has 3 heterocycles. The van der Waals surface area contributed by atoms with Crippen molar-refractivity contribution in [1.29, 1.82) is 0 Å². The number of fused-ring (bicyclic) bond motifs is 1. The highest BCUT2D eigenvalue weighted by Gasteiger charge is 2.16. The highest BCUT2D eigenvalue weighted by atomic mass is 16.5. The first-order chi connectivity index (χ1) is 13.0. The molecule has 0 bridgehead atoms. The van der Waals surface area contributed by atoms with Crippen LogP contribution in [0.1, 0.15) is 31.3 Å². The number of rotatable bonds is 8. The zero-order valence-electron chi connectivity index (χ0n) is 15.2. The fourth-order valence-corrected chi connectivity index (χ4v) is 2.52. The Morgan fingerprint density at radius 1 is 1.33 bits per heavy atom. The number of aromatic nitrogens is 4. The second kappa shape index (κ2) is 7.94. The molecule has 0 aliphatic rings. The molecule has 0 unspecified atom stereocenters. The highest BCUT2D eigenvalue weighted by molar-refractivity contribution is 5.81. The number of hydrogen-bond donors (Lipinski definition) is 2. The number of imidazole rings is 1. The van der Waals surface area contributed by atoms with E-state index in [1.54, 1.807) is 12.1 Å². The molecule has 0 radical (unpaired) electrons. The SMILES string of the molecule is CCCCOc1nc(N)c2[nH]c(=O)n(Cc3ccc(CC(=O)OC)o3)c2n1. The molecule has 3 aromatic rings. The minimum absolute atomic E-state index is 0.0177. The molecule has 0 atom stereocenters. The number of H-pyrrole nitrogens is 1. The summed E-state index contributed by atoms with van der Waals surface area (Å²) < 4.78 is 17.1. The summed E-state index contributed by atoms with van der Waals surface area (Å²) in [5, 5.41) is 0. The third-order valence-corrected chi connectivity index (χ3v) is 3.94. The number of furan rings is 1. The standard InChI is InChI=1S/C17H21N5O5/c1-3-4-7-26-16-20-14(18)13-15(21-16)22(17(24)19-13)9-11-6-5-10(27-11)8-12(23)25-2/h5-6H,3-4,7-9H2,1-2H3,(H,19,24)(H2,18,20,21). The van der Waals surface area contributed by atoms with Crippen molar-refractivity contribution < 1.29 is 18.7 Å². The zero-order chi connectivity index (χ0) is 19.4. The van der Waals surface area contributed by atoms with Crippen LogP contribution in [0.2, 0.25) is 0 Å². The third kappa shape index (κ3) is 4.10. The van der Waals surface area contributed by atoms with Crippen LogP contribution in [0.5, 0.6) is 6.01 Å². The van der Waals surface area contributed by atoms with Gasteiger partial charge in [-0.25, -0.2) is 4.79 Å². The molecule has 0 aromatic carbocycles. The predicted molar refractivity (Wildman–Crippen MR) is 96.5 cm³/mol. The van der Waals surface area contributed by atoms with Crippen molar-refractivity contribution in [3.8, 4) is 6.01 Å². The van der Waals surface area contributed by atoms with Crippen LogP contribution in [-0.2, 0) is 22.5 Å². The molecule has 0 spiro atoms. The van der Waals surface area contributed by atoms with E-state index >= 15 is 0 Å². The lowest BCUT2D eigenvalue weighted by atomic mass is 10.3. The molecule has 3 aromatic heterocycles. The summed E-state index contributed by atoms with van der Waals surface area (Å²) in [5.74, 6) is 0.660. The van der Waals surface area contributed by atoms with E-state index in [9.17, 15) is 9.59 Å². The normalized spacial score (nSPS) is 11.0. The number of carbonyl (C=O) groups is 1. The molecule has 0 saturated carbocycles. The third-order valence-electron chi connectivity index (χ3n) is 3.94. The number of nitrogens with zero attached hydrogens (tertiary/aromatic N) is 3. The Kier molecular flexibility index (Phi) is 5.43. The van der Waals surface area contributed by atoms with Gasteiger partial charge in [0.25, 0.3) is 0 Å². The Balaban J connectivity index is 1.88. The number of hydrogen-bond acceptors (Lipinski definition) is 8. The van der Waals surface area contributed by atoms with E-state index in [4.69, 9.17) is 14.9 Å². The Morgan fingerprint density at radius 2 is 2.11 bits per heavy atom. The minimum atomic E-state index is -0.408. The maximum atomic E-state index is 12.3. The second-order valence-corrected chi connectivity index (χ2v) is 5.93. The van der Waals surface area contributed by atoms with Gasteiger partial charge in [0.05, 0.1) is 20.3 Å². The van der Waals surface area contributed by atoms with Gasteiger partial charge in [0, 0.05) is 0 Å². The van der Waals surface area contributed by atoms with Crippen LogP contribution in [0.3, 0.4) is 0 Å². The molecule has 27 heavy (non-hydrogen) atoms. The average molecular weight is 375 g/mol. The Morgan fingerprint density at radius 3 is 2.85 bits per heavy atom.